The minimum absolute atomic E-state index is 0.193. The highest BCUT2D eigenvalue weighted by atomic mass is 32.1. The lowest BCUT2D eigenvalue weighted by Crippen LogP contribution is -2.28. The average molecular weight is 262 g/mol. The van der Waals surface area contributed by atoms with E-state index < -0.39 is 0 Å². The van der Waals surface area contributed by atoms with Crippen molar-refractivity contribution in [1.82, 2.24) is 5.43 Å². The predicted molar refractivity (Wildman–Crippen MR) is 73.4 cm³/mol. The van der Waals surface area contributed by atoms with Crippen LogP contribution in [0.4, 0.5) is 0 Å². The molecule has 2 aromatic heterocycles. The molecule has 0 radical (unpaired) electrons. The Morgan fingerprint density at radius 3 is 3.00 bits per heavy atom. The van der Waals surface area contributed by atoms with Crippen LogP contribution in [0.15, 0.2) is 29.1 Å². The molecule has 18 heavy (non-hydrogen) atoms. The zero-order valence-corrected chi connectivity index (χ0v) is 11.1. The Labute approximate surface area is 111 Å². The van der Waals surface area contributed by atoms with E-state index in [9.17, 15) is 0 Å². The van der Waals surface area contributed by atoms with Crippen LogP contribution in [0.5, 0.6) is 0 Å². The first-order chi connectivity index (χ1) is 8.86. The minimum atomic E-state index is 0.193. The molecule has 0 fully saturated rings. The van der Waals surface area contributed by atoms with E-state index in [1.54, 1.807) is 17.4 Å². The molecule has 1 aliphatic rings. The number of hydrogen-bond acceptors (Lipinski definition) is 4. The fraction of sp³-hybridized carbons (Fsp3) is 0.429. The Morgan fingerprint density at radius 2 is 2.28 bits per heavy atom. The molecule has 0 aliphatic heterocycles. The first-order valence-electron chi connectivity index (χ1n) is 6.45. The molecular formula is C14H18N2OS. The second-order valence-electron chi connectivity index (χ2n) is 4.86. The van der Waals surface area contributed by atoms with Crippen molar-refractivity contribution in [2.75, 3.05) is 0 Å². The normalized spacial score (nSPS) is 16.5. The van der Waals surface area contributed by atoms with Gasteiger partial charge in [-0.1, -0.05) is 0 Å². The number of nitrogens with two attached hydrogens (primary N) is 1. The molecule has 2 heterocycles. The molecule has 0 spiro atoms. The van der Waals surface area contributed by atoms with Crippen LogP contribution in [0.25, 0.3) is 0 Å². The smallest absolute Gasteiger partial charge is 0.0935 e. The fourth-order valence-electron chi connectivity index (χ4n) is 2.57. The number of furan rings is 1. The molecule has 3 N–H and O–H groups in total. The summed E-state index contributed by atoms with van der Waals surface area (Å²) in [5.41, 5.74) is 5.65. The standard InChI is InChI=1S/C14H18N2OS/c15-16-12(7-10-5-6-17-9-10)14-8-11-3-1-2-4-13(11)18-14/h5-6,8-9,12,16H,1-4,7,15H2. The molecule has 1 unspecified atom stereocenters. The third-order valence-electron chi connectivity index (χ3n) is 3.58. The summed E-state index contributed by atoms with van der Waals surface area (Å²) < 4.78 is 5.11. The maximum absolute atomic E-state index is 5.71. The molecule has 0 aromatic carbocycles. The van der Waals surface area contributed by atoms with E-state index in [-0.39, 0.29) is 6.04 Å². The molecule has 0 saturated heterocycles. The second kappa shape index (κ2) is 5.26. The summed E-state index contributed by atoms with van der Waals surface area (Å²) in [7, 11) is 0. The largest absolute Gasteiger partial charge is 0.472 e. The van der Waals surface area contributed by atoms with Gasteiger partial charge in [0.15, 0.2) is 0 Å². The molecule has 2 aromatic rings. The molecule has 0 saturated carbocycles. The Balaban J connectivity index is 1.80. The number of rotatable bonds is 4. The molecule has 1 atom stereocenters. The van der Waals surface area contributed by atoms with Gasteiger partial charge >= 0.3 is 0 Å². The molecule has 3 rings (SSSR count). The van der Waals surface area contributed by atoms with Crippen LogP contribution in [0.1, 0.15) is 39.8 Å². The van der Waals surface area contributed by atoms with E-state index in [1.165, 1.54) is 41.7 Å². The maximum atomic E-state index is 5.71. The topological polar surface area (TPSA) is 51.2 Å². The third kappa shape index (κ3) is 2.36. The van der Waals surface area contributed by atoms with Crippen LogP contribution in [0.3, 0.4) is 0 Å². The van der Waals surface area contributed by atoms with Crippen molar-refractivity contribution in [1.29, 1.82) is 0 Å². The summed E-state index contributed by atoms with van der Waals surface area (Å²) >= 11 is 1.92. The van der Waals surface area contributed by atoms with Crippen molar-refractivity contribution in [2.24, 2.45) is 5.84 Å². The van der Waals surface area contributed by atoms with Gasteiger partial charge in [-0.05, 0) is 55.4 Å². The van der Waals surface area contributed by atoms with E-state index >= 15 is 0 Å². The number of hydrazine groups is 1. The lowest BCUT2D eigenvalue weighted by Gasteiger charge is -2.12. The van der Waals surface area contributed by atoms with Gasteiger partial charge in [0, 0.05) is 9.75 Å². The number of thiophene rings is 1. The number of fused-ring (bicyclic) bond motifs is 1. The predicted octanol–water partition coefficient (Wildman–Crippen LogP) is 2.97. The zero-order chi connectivity index (χ0) is 12.4. The molecule has 96 valence electrons. The molecule has 1 aliphatic carbocycles. The van der Waals surface area contributed by atoms with Crippen LogP contribution in [-0.2, 0) is 19.3 Å². The summed E-state index contributed by atoms with van der Waals surface area (Å²) in [6.07, 6.45) is 9.51. The number of nitrogens with one attached hydrogen (secondary N) is 1. The van der Waals surface area contributed by atoms with Gasteiger partial charge in [-0.25, -0.2) is 0 Å². The molecule has 0 bridgehead atoms. The Bertz CT molecular complexity index is 480. The van der Waals surface area contributed by atoms with Crippen molar-refractivity contribution >= 4 is 11.3 Å². The van der Waals surface area contributed by atoms with Gasteiger partial charge in [-0.3, -0.25) is 11.3 Å². The van der Waals surface area contributed by atoms with E-state index in [0.717, 1.165) is 6.42 Å². The summed E-state index contributed by atoms with van der Waals surface area (Å²) in [4.78, 5) is 2.91. The summed E-state index contributed by atoms with van der Waals surface area (Å²) in [6, 6.07) is 4.53. The average Bonchev–Trinajstić information content (AvgIpc) is 3.04. The quantitative estimate of drug-likeness (QED) is 0.658. The van der Waals surface area contributed by atoms with E-state index in [2.05, 4.69) is 11.5 Å². The van der Waals surface area contributed by atoms with Crippen LogP contribution < -0.4 is 11.3 Å². The maximum Gasteiger partial charge on any atom is 0.0935 e. The van der Waals surface area contributed by atoms with E-state index in [0.29, 0.717) is 0 Å². The highest BCUT2D eigenvalue weighted by Crippen LogP contribution is 2.33. The lowest BCUT2D eigenvalue weighted by atomic mass is 9.98. The Morgan fingerprint density at radius 1 is 1.39 bits per heavy atom. The van der Waals surface area contributed by atoms with Crippen molar-refractivity contribution < 1.29 is 4.42 Å². The van der Waals surface area contributed by atoms with Gasteiger partial charge < -0.3 is 4.42 Å². The van der Waals surface area contributed by atoms with E-state index in [1.807, 2.05) is 17.4 Å². The van der Waals surface area contributed by atoms with Gasteiger partial charge in [0.25, 0.3) is 0 Å². The van der Waals surface area contributed by atoms with E-state index in [4.69, 9.17) is 10.3 Å². The van der Waals surface area contributed by atoms with Crippen molar-refractivity contribution in [2.45, 2.75) is 38.1 Å². The Kier molecular flexibility index (Phi) is 3.50. The summed E-state index contributed by atoms with van der Waals surface area (Å²) in [5, 5.41) is 0. The number of aryl methyl sites for hydroxylation is 2. The van der Waals surface area contributed by atoms with Crippen molar-refractivity contribution in [3.8, 4) is 0 Å². The monoisotopic (exact) mass is 262 g/mol. The van der Waals surface area contributed by atoms with Gasteiger partial charge in [-0.15, -0.1) is 11.3 Å². The molecule has 4 heteroatoms. The Hall–Kier alpha value is -1.10. The van der Waals surface area contributed by atoms with Gasteiger partial charge in [0.05, 0.1) is 18.6 Å². The lowest BCUT2D eigenvalue weighted by molar-refractivity contribution is 0.540. The summed E-state index contributed by atoms with van der Waals surface area (Å²) in [5.74, 6) is 5.71. The van der Waals surface area contributed by atoms with Crippen LogP contribution in [0.2, 0.25) is 0 Å². The third-order valence-corrected chi connectivity index (χ3v) is 4.93. The molecule has 3 nitrogen and oxygen atoms in total. The van der Waals surface area contributed by atoms with Crippen LogP contribution in [0, 0.1) is 0 Å². The fourth-order valence-corrected chi connectivity index (χ4v) is 3.89. The summed E-state index contributed by atoms with van der Waals surface area (Å²) in [6.45, 7) is 0. The molecular weight excluding hydrogens is 244 g/mol. The number of hydrogen-bond donors (Lipinski definition) is 2. The second-order valence-corrected chi connectivity index (χ2v) is 6.03. The van der Waals surface area contributed by atoms with Gasteiger partial charge in [0.2, 0.25) is 0 Å². The first-order valence-corrected chi connectivity index (χ1v) is 7.27. The molecule has 0 amide bonds. The van der Waals surface area contributed by atoms with Crippen LogP contribution >= 0.6 is 11.3 Å². The van der Waals surface area contributed by atoms with Gasteiger partial charge in [-0.2, -0.15) is 0 Å². The van der Waals surface area contributed by atoms with Crippen molar-refractivity contribution in [3.05, 3.63) is 45.5 Å². The first kappa shape index (κ1) is 12.0. The zero-order valence-electron chi connectivity index (χ0n) is 10.3. The highest BCUT2D eigenvalue weighted by Gasteiger charge is 2.19. The SMILES string of the molecule is NNC(Cc1ccoc1)c1cc2c(s1)CCCC2. The van der Waals surface area contributed by atoms with Crippen LogP contribution in [-0.4, -0.2) is 0 Å². The van der Waals surface area contributed by atoms with Crippen molar-refractivity contribution in [3.63, 3.8) is 0 Å². The van der Waals surface area contributed by atoms with Gasteiger partial charge in [0.1, 0.15) is 0 Å². The minimum Gasteiger partial charge on any atom is -0.472 e. The highest BCUT2D eigenvalue weighted by molar-refractivity contribution is 7.12.